The second-order valence-electron chi connectivity index (χ2n) is 8.57. The lowest BCUT2D eigenvalue weighted by atomic mass is 9.97. The Bertz CT molecular complexity index is 1270. The number of anilines is 1. The highest BCUT2D eigenvalue weighted by Gasteiger charge is 2.34. The Kier molecular flexibility index (Phi) is 7.02. The van der Waals surface area contributed by atoms with Gasteiger partial charge < -0.3 is 20.1 Å². The van der Waals surface area contributed by atoms with E-state index in [1.807, 2.05) is 12.1 Å². The van der Waals surface area contributed by atoms with E-state index in [4.69, 9.17) is 15.2 Å². The summed E-state index contributed by atoms with van der Waals surface area (Å²) in [7, 11) is -1.16. The summed E-state index contributed by atoms with van der Waals surface area (Å²) in [5.41, 5.74) is 7.47. The van der Waals surface area contributed by atoms with Crippen molar-refractivity contribution >= 4 is 33.6 Å². The van der Waals surface area contributed by atoms with E-state index in [2.05, 4.69) is 0 Å². The Morgan fingerprint density at radius 1 is 1.11 bits per heavy atom. The molecule has 1 fully saturated rings. The van der Waals surface area contributed by atoms with E-state index in [0.29, 0.717) is 43.6 Å². The fourth-order valence-corrected chi connectivity index (χ4v) is 6.31. The van der Waals surface area contributed by atoms with Gasteiger partial charge in [0.2, 0.25) is 11.8 Å². The van der Waals surface area contributed by atoms with Crippen molar-refractivity contribution in [2.75, 3.05) is 38.2 Å². The lowest BCUT2D eigenvalue weighted by Gasteiger charge is -2.30. The number of carbonyl (C=O) groups is 2. The molecule has 2 N–H and O–H groups in total. The molecule has 0 saturated carbocycles. The summed E-state index contributed by atoms with van der Waals surface area (Å²) in [4.78, 5) is 25.8. The van der Waals surface area contributed by atoms with Crippen molar-refractivity contribution in [1.29, 1.82) is 0 Å². The summed E-state index contributed by atoms with van der Waals surface area (Å²) < 4.78 is 39.7. The number of piperidine rings is 1. The quantitative estimate of drug-likeness (QED) is 0.584. The number of sulfonamides is 1. The second-order valence-corrected chi connectivity index (χ2v) is 10.4. The van der Waals surface area contributed by atoms with E-state index in [-0.39, 0.29) is 34.8 Å². The number of nitrogens with zero attached hydrogens (tertiary/aromatic N) is 2. The minimum Gasteiger partial charge on any atom is -0.493 e. The first kappa shape index (κ1) is 24.6. The number of amides is 2. The molecule has 4 rings (SSSR count). The predicted octanol–water partition coefficient (Wildman–Crippen LogP) is 2.19. The van der Waals surface area contributed by atoms with E-state index in [1.54, 1.807) is 23.1 Å². The van der Waals surface area contributed by atoms with E-state index in [1.165, 1.54) is 36.7 Å². The normalized spacial score (nSPS) is 17.9. The van der Waals surface area contributed by atoms with Gasteiger partial charge in [-0.15, -0.1) is 0 Å². The molecule has 1 unspecified atom stereocenters. The standard InChI is InChI=1S/C25H29N3O6S/c1-33-21-14-17(9-10-23(29)27-12-5-7-19(16-27)25(26)30)15-22(24(21)34-2)35(31,32)28-13-11-18-6-3-4-8-20(18)28/h3-4,6,8-10,14-15,19H,5,7,11-13,16H2,1-2H3,(H2,26,30)/b10-9+. The first-order valence-electron chi connectivity index (χ1n) is 11.4. The van der Waals surface area contributed by atoms with Gasteiger partial charge in [-0.3, -0.25) is 13.9 Å². The number of fused-ring (bicyclic) bond motifs is 1. The molecule has 1 saturated heterocycles. The third-order valence-electron chi connectivity index (χ3n) is 6.43. The zero-order valence-corrected chi connectivity index (χ0v) is 20.6. The van der Waals surface area contributed by atoms with Gasteiger partial charge >= 0.3 is 0 Å². The fraction of sp³-hybridized carbons (Fsp3) is 0.360. The number of hydrogen-bond acceptors (Lipinski definition) is 6. The van der Waals surface area contributed by atoms with Gasteiger partial charge in [0.25, 0.3) is 10.0 Å². The highest BCUT2D eigenvalue weighted by molar-refractivity contribution is 7.93. The largest absolute Gasteiger partial charge is 0.493 e. The predicted molar refractivity (Wildman–Crippen MR) is 132 cm³/mol. The first-order valence-corrected chi connectivity index (χ1v) is 12.8. The first-order chi connectivity index (χ1) is 16.8. The molecule has 2 aromatic rings. The second kappa shape index (κ2) is 9.99. The Labute approximate surface area is 205 Å². The number of likely N-dealkylation sites (tertiary alicyclic amines) is 1. The summed E-state index contributed by atoms with van der Waals surface area (Å²) in [5.74, 6) is -0.712. The minimum absolute atomic E-state index is 0.0464. The number of ether oxygens (including phenoxy) is 2. The summed E-state index contributed by atoms with van der Waals surface area (Å²) in [6, 6.07) is 10.5. The number of benzene rings is 2. The van der Waals surface area contributed by atoms with Crippen molar-refractivity contribution in [3.05, 3.63) is 53.6 Å². The Morgan fingerprint density at radius 2 is 1.89 bits per heavy atom. The molecule has 9 nitrogen and oxygen atoms in total. The Morgan fingerprint density at radius 3 is 2.60 bits per heavy atom. The van der Waals surface area contributed by atoms with Crippen molar-refractivity contribution in [2.45, 2.75) is 24.2 Å². The average Bonchev–Trinajstić information content (AvgIpc) is 3.31. The molecule has 0 bridgehead atoms. The number of rotatable bonds is 7. The number of nitrogens with two attached hydrogens (primary N) is 1. The van der Waals surface area contributed by atoms with Gasteiger partial charge in [-0.1, -0.05) is 18.2 Å². The topological polar surface area (TPSA) is 119 Å². The van der Waals surface area contributed by atoms with Crippen LogP contribution in [0.3, 0.4) is 0 Å². The molecular formula is C25H29N3O6S. The highest BCUT2D eigenvalue weighted by Crippen LogP contribution is 2.40. The monoisotopic (exact) mass is 499 g/mol. The van der Waals surface area contributed by atoms with E-state index < -0.39 is 15.9 Å². The van der Waals surface area contributed by atoms with E-state index in [9.17, 15) is 18.0 Å². The smallest absolute Gasteiger partial charge is 0.268 e. The van der Waals surface area contributed by atoms with Crippen molar-refractivity contribution in [1.82, 2.24) is 4.90 Å². The van der Waals surface area contributed by atoms with Gasteiger partial charge in [-0.05, 0) is 54.7 Å². The number of carbonyl (C=O) groups excluding carboxylic acids is 2. The fourth-order valence-electron chi connectivity index (χ4n) is 4.60. The van der Waals surface area contributed by atoms with Crippen LogP contribution in [0.4, 0.5) is 5.69 Å². The van der Waals surface area contributed by atoms with E-state index >= 15 is 0 Å². The number of hydrogen-bond donors (Lipinski definition) is 1. The molecule has 0 radical (unpaired) electrons. The molecule has 2 aliphatic rings. The molecule has 0 aliphatic carbocycles. The number of primary amides is 1. The molecular weight excluding hydrogens is 470 g/mol. The maximum absolute atomic E-state index is 13.7. The maximum Gasteiger partial charge on any atom is 0.268 e. The van der Waals surface area contributed by atoms with Crippen LogP contribution in [0, 0.1) is 5.92 Å². The van der Waals surface area contributed by atoms with Crippen molar-refractivity contribution < 1.29 is 27.5 Å². The van der Waals surface area contributed by atoms with Crippen LogP contribution in [-0.4, -0.2) is 59.0 Å². The molecule has 0 aromatic heterocycles. The van der Waals surface area contributed by atoms with Gasteiger partial charge in [0.1, 0.15) is 4.90 Å². The molecule has 1 atom stereocenters. The van der Waals surface area contributed by atoms with Crippen molar-refractivity contribution in [2.24, 2.45) is 11.7 Å². The molecule has 2 aromatic carbocycles. The van der Waals surface area contributed by atoms with Crippen molar-refractivity contribution in [3.63, 3.8) is 0 Å². The van der Waals surface area contributed by atoms with Crippen LogP contribution in [0.25, 0.3) is 6.08 Å². The summed E-state index contributed by atoms with van der Waals surface area (Å²) in [6.07, 6.45) is 4.88. The zero-order chi connectivity index (χ0) is 25.2. The Balaban J connectivity index is 1.67. The van der Waals surface area contributed by atoms with Gasteiger partial charge in [0.05, 0.1) is 25.8 Å². The molecule has 2 heterocycles. The summed E-state index contributed by atoms with van der Waals surface area (Å²) in [5, 5.41) is 0. The Hall–Kier alpha value is -3.53. The third kappa shape index (κ3) is 4.84. The van der Waals surface area contributed by atoms with Crippen LogP contribution < -0.4 is 19.5 Å². The highest BCUT2D eigenvalue weighted by atomic mass is 32.2. The van der Waals surface area contributed by atoms with Crippen LogP contribution >= 0.6 is 0 Å². The lowest BCUT2D eigenvalue weighted by molar-refractivity contribution is -0.130. The third-order valence-corrected chi connectivity index (χ3v) is 8.25. The molecule has 186 valence electrons. The van der Waals surface area contributed by atoms with Crippen LogP contribution in [0.15, 0.2) is 47.4 Å². The van der Waals surface area contributed by atoms with E-state index in [0.717, 1.165) is 5.56 Å². The minimum atomic E-state index is -3.98. The van der Waals surface area contributed by atoms with Gasteiger partial charge in [0.15, 0.2) is 11.5 Å². The summed E-state index contributed by atoms with van der Waals surface area (Å²) >= 11 is 0. The molecule has 2 amide bonds. The van der Waals surface area contributed by atoms with Crippen molar-refractivity contribution in [3.8, 4) is 11.5 Å². The van der Waals surface area contributed by atoms with Crippen LogP contribution in [0.5, 0.6) is 11.5 Å². The zero-order valence-electron chi connectivity index (χ0n) is 19.8. The molecule has 35 heavy (non-hydrogen) atoms. The average molecular weight is 500 g/mol. The number of para-hydroxylation sites is 1. The maximum atomic E-state index is 13.7. The SMILES string of the molecule is COc1cc(/C=C/C(=O)N2CCCC(C(N)=O)C2)cc(S(=O)(=O)N2CCc3ccccc32)c1OC. The van der Waals surface area contributed by atoms with Gasteiger partial charge in [-0.25, -0.2) is 8.42 Å². The molecule has 0 spiro atoms. The number of methoxy groups -OCH3 is 2. The van der Waals surface area contributed by atoms with Gasteiger partial charge in [-0.2, -0.15) is 0 Å². The van der Waals surface area contributed by atoms with Gasteiger partial charge in [0, 0.05) is 25.7 Å². The van der Waals surface area contributed by atoms with Crippen LogP contribution in [0.2, 0.25) is 0 Å². The summed E-state index contributed by atoms with van der Waals surface area (Å²) in [6.45, 7) is 1.13. The van der Waals surface area contributed by atoms with Crippen LogP contribution in [0.1, 0.15) is 24.0 Å². The lowest BCUT2D eigenvalue weighted by Crippen LogP contribution is -2.43. The van der Waals surface area contributed by atoms with Crippen LogP contribution in [-0.2, 0) is 26.0 Å². The molecule has 10 heteroatoms. The molecule has 2 aliphatic heterocycles.